The number of aromatic amines is 1. The molecular weight excluding hydrogens is 452 g/mol. The van der Waals surface area contributed by atoms with E-state index in [9.17, 15) is 4.79 Å². The number of ether oxygens (including phenoxy) is 1. The molecule has 2 N–H and O–H groups in total. The van der Waals surface area contributed by atoms with Gasteiger partial charge in [-0.15, -0.1) is 10.2 Å². The van der Waals surface area contributed by atoms with Crippen LogP contribution in [0.2, 0.25) is 5.02 Å². The SMILES string of the molecule is C[C@@H]1CCCN(c2ccc(NC(=O)[C@H](CC3CC3)Oc3ccc(Cl)cc3)c(-c3nn[nH]n3)c2)C1. The van der Waals surface area contributed by atoms with Gasteiger partial charge in [0.25, 0.3) is 5.91 Å². The topological polar surface area (TPSA) is 96.0 Å². The Bertz CT molecular complexity index is 1120. The highest BCUT2D eigenvalue weighted by Gasteiger charge is 2.31. The smallest absolute Gasteiger partial charge is 0.265 e. The summed E-state index contributed by atoms with van der Waals surface area (Å²) < 4.78 is 6.09. The molecule has 1 amide bonds. The lowest BCUT2D eigenvalue weighted by Gasteiger charge is -2.33. The Kier molecular flexibility index (Phi) is 6.67. The van der Waals surface area contributed by atoms with Crippen molar-refractivity contribution in [2.75, 3.05) is 23.3 Å². The minimum absolute atomic E-state index is 0.189. The van der Waals surface area contributed by atoms with Gasteiger partial charge in [-0.1, -0.05) is 31.4 Å². The molecule has 9 heteroatoms. The molecule has 0 bridgehead atoms. The van der Waals surface area contributed by atoms with Crippen molar-refractivity contribution in [2.45, 2.75) is 45.1 Å². The number of halogens is 1. The first kappa shape index (κ1) is 22.7. The van der Waals surface area contributed by atoms with E-state index in [1.54, 1.807) is 24.3 Å². The Morgan fingerprint density at radius 2 is 2.06 bits per heavy atom. The van der Waals surface area contributed by atoms with Gasteiger partial charge in [-0.05, 0) is 78.8 Å². The number of anilines is 2. The molecule has 1 aliphatic heterocycles. The van der Waals surface area contributed by atoms with E-state index in [1.807, 2.05) is 18.2 Å². The van der Waals surface area contributed by atoms with Crippen LogP contribution in [0.4, 0.5) is 11.4 Å². The average Bonchev–Trinajstić information content (AvgIpc) is 3.49. The van der Waals surface area contributed by atoms with Crippen LogP contribution >= 0.6 is 11.6 Å². The van der Waals surface area contributed by atoms with Crippen molar-refractivity contribution in [2.24, 2.45) is 11.8 Å². The molecule has 8 nitrogen and oxygen atoms in total. The molecule has 178 valence electrons. The van der Waals surface area contributed by atoms with E-state index in [-0.39, 0.29) is 5.91 Å². The molecule has 1 saturated carbocycles. The van der Waals surface area contributed by atoms with Gasteiger partial charge in [-0.25, -0.2) is 0 Å². The summed E-state index contributed by atoms with van der Waals surface area (Å²) in [7, 11) is 0. The predicted octanol–water partition coefficient (Wildman–Crippen LogP) is 4.94. The fourth-order valence-corrected chi connectivity index (χ4v) is 4.60. The minimum atomic E-state index is -0.602. The summed E-state index contributed by atoms with van der Waals surface area (Å²) in [5.41, 5.74) is 2.46. The summed E-state index contributed by atoms with van der Waals surface area (Å²) >= 11 is 6.00. The van der Waals surface area contributed by atoms with Crippen LogP contribution in [0.5, 0.6) is 5.75 Å². The van der Waals surface area contributed by atoms with Gasteiger partial charge >= 0.3 is 0 Å². The van der Waals surface area contributed by atoms with Crippen molar-refractivity contribution in [3.05, 3.63) is 47.5 Å². The third-order valence-electron chi connectivity index (χ3n) is 6.50. The van der Waals surface area contributed by atoms with Crippen LogP contribution in [-0.2, 0) is 4.79 Å². The van der Waals surface area contributed by atoms with Crippen molar-refractivity contribution < 1.29 is 9.53 Å². The summed E-state index contributed by atoms with van der Waals surface area (Å²) in [6, 6.07) is 13.1. The highest BCUT2D eigenvalue weighted by atomic mass is 35.5. The number of rotatable bonds is 8. The number of tetrazole rings is 1. The number of piperidine rings is 1. The van der Waals surface area contributed by atoms with Crippen molar-refractivity contribution in [1.82, 2.24) is 20.6 Å². The van der Waals surface area contributed by atoms with Crippen molar-refractivity contribution in [1.29, 1.82) is 0 Å². The second-order valence-electron chi connectivity index (χ2n) is 9.39. The van der Waals surface area contributed by atoms with Crippen LogP contribution in [-0.4, -0.2) is 45.7 Å². The van der Waals surface area contributed by atoms with Gasteiger partial charge in [0.05, 0.1) is 5.69 Å². The zero-order valence-corrected chi connectivity index (χ0v) is 20.0. The first-order valence-electron chi connectivity index (χ1n) is 11.9. The van der Waals surface area contributed by atoms with Crippen LogP contribution < -0.4 is 15.0 Å². The maximum absolute atomic E-state index is 13.4. The van der Waals surface area contributed by atoms with Crippen molar-refractivity contribution >= 4 is 28.9 Å². The highest BCUT2D eigenvalue weighted by Crippen LogP contribution is 2.36. The first-order valence-corrected chi connectivity index (χ1v) is 12.3. The molecule has 1 saturated heterocycles. The molecule has 5 rings (SSSR count). The molecule has 1 aliphatic carbocycles. The summed E-state index contributed by atoms with van der Waals surface area (Å²) in [6.45, 7) is 4.30. The Morgan fingerprint density at radius 3 is 2.76 bits per heavy atom. The van der Waals surface area contributed by atoms with Crippen LogP contribution in [0.3, 0.4) is 0 Å². The lowest BCUT2D eigenvalue weighted by Crippen LogP contribution is -2.34. The van der Waals surface area contributed by atoms with Gasteiger partial charge in [-0.2, -0.15) is 5.21 Å². The fraction of sp³-hybridized carbons (Fsp3) is 0.440. The van der Waals surface area contributed by atoms with Crippen LogP contribution in [0.25, 0.3) is 11.4 Å². The molecule has 0 unspecified atom stereocenters. The Balaban J connectivity index is 1.38. The van der Waals surface area contributed by atoms with Crippen molar-refractivity contribution in [3.63, 3.8) is 0 Å². The van der Waals surface area contributed by atoms with Gasteiger partial charge in [-0.3, -0.25) is 4.79 Å². The molecule has 0 radical (unpaired) electrons. The quantitative estimate of drug-likeness (QED) is 0.474. The number of hydrogen-bond donors (Lipinski definition) is 2. The van der Waals surface area contributed by atoms with E-state index in [4.69, 9.17) is 16.3 Å². The van der Waals surface area contributed by atoms with Gasteiger partial charge in [0.1, 0.15) is 5.75 Å². The zero-order chi connectivity index (χ0) is 23.5. The van der Waals surface area contributed by atoms with E-state index in [1.165, 1.54) is 12.8 Å². The van der Waals surface area contributed by atoms with E-state index >= 15 is 0 Å². The number of hydrogen-bond acceptors (Lipinski definition) is 6. The van der Waals surface area contributed by atoms with Crippen LogP contribution in [0.15, 0.2) is 42.5 Å². The zero-order valence-electron chi connectivity index (χ0n) is 19.2. The average molecular weight is 481 g/mol. The van der Waals surface area contributed by atoms with Gasteiger partial charge in [0.2, 0.25) is 5.82 Å². The van der Waals surface area contributed by atoms with E-state index in [2.05, 4.69) is 37.8 Å². The minimum Gasteiger partial charge on any atom is -0.481 e. The second kappa shape index (κ2) is 10.0. The number of carbonyl (C=O) groups is 1. The Labute approximate surface area is 204 Å². The lowest BCUT2D eigenvalue weighted by atomic mass is 9.99. The highest BCUT2D eigenvalue weighted by molar-refractivity contribution is 6.30. The van der Waals surface area contributed by atoms with E-state index < -0.39 is 6.10 Å². The normalized spacial score (nSPS) is 19.0. The predicted molar refractivity (Wildman–Crippen MR) is 132 cm³/mol. The number of amides is 1. The number of nitrogens with one attached hydrogen (secondary N) is 2. The third kappa shape index (κ3) is 5.50. The first-order chi connectivity index (χ1) is 16.5. The second-order valence-corrected chi connectivity index (χ2v) is 9.82. The maximum atomic E-state index is 13.4. The van der Waals surface area contributed by atoms with Gasteiger partial charge < -0.3 is 15.0 Å². The Morgan fingerprint density at radius 1 is 1.24 bits per heavy atom. The Hall–Kier alpha value is -3.13. The van der Waals surface area contributed by atoms with Gasteiger partial charge in [0, 0.05) is 29.4 Å². The molecule has 2 aliphatic rings. The number of benzene rings is 2. The molecule has 2 aromatic carbocycles. The molecule has 1 aromatic heterocycles. The number of nitrogens with zero attached hydrogens (tertiary/aromatic N) is 4. The largest absolute Gasteiger partial charge is 0.481 e. The summed E-state index contributed by atoms with van der Waals surface area (Å²) in [5.74, 6) is 2.04. The summed E-state index contributed by atoms with van der Waals surface area (Å²) in [5, 5.41) is 18.3. The standard InChI is InChI=1S/C25H29ClN6O2/c1-16-3-2-12-32(15-16)19-8-11-22(21(14-19)24-28-30-31-29-24)27-25(33)23(13-17-4-5-17)34-20-9-6-18(26)7-10-20/h6-11,14,16-17,23H,2-5,12-13,15H2,1H3,(H,27,33)(H,28,29,30,31)/t16-,23+/m1/s1. The fourth-order valence-electron chi connectivity index (χ4n) is 4.48. The maximum Gasteiger partial charge on any atom is 0.265 e. The molecule has 2 atom stereocenters. The molecule has 0 spiro atoms. The molecule has 34 heavy (non-hydrogen) atoms. The van der Waals surface area contributed by atoms with E-state index in [0.717, 1.165) is 37.2 Å². The van der Waals surface area contributed by atoms with Gasteiger partial charge in [0.15, 0.2) is 6.10 Å². The monoisotopic (exact) mass is 480 g/mol. The number of carbonyl (C=O) groups excluding carboxylic acids is 1. The van der Waals surface area contributed by atoms with E-state index in [0.29, 0.717) is 40.5 Å². The molecule has 3 aromatic rings. The molecular formula is C25H29ClN6O2. The summed E-state index contributed by atoms with van der Waals surface area (Å²) in [4.78, 5) is 15.7. The van der Waals surface area contributed by atoms with Crippen molar-refractivity contribution in [3.8, 4) is 17.1 Å². The lowest BCUT2D eigenvalue weighted by molar-refractivity contribution is -0.123. The summed E-state index contributed by atoms with van der Waals surface area (Å²) in [6.07, 6.45) is 4.75. The number of aromatic nitrogens is 4. The van der Waals surface area contributed by atoms with Crippen LogP contribution in [0.1, 0.15) is 39.0 Å². The third-order valence-corrected chi connectivity index (χ3v) is 6.75. The number of H-pyrrole nitrogens is 1. The van der Waals surface area contributed by atoms with Crippen LogP contribution in [0, 0.1) is 11.8 Å². The molecule has 2 heterocycles. The molecule has 2 fully saturated rings.